The predicted molar refractivity (Wildman–Crippen MR) is 87.8 cm³/mol. The van der Waals surface area contributed by atoms with E-state index in [4.69, 9.17) is 4.74 Å². The summed E-state index contributed by atoms with van der Waals surface area (Å²) in [6, 6.07) is 2.70. The third-order valence-corrected chi connectivity index (χ3v) is 5.73. The van der Waals surface area contributed by atoms with Crippen molar-refractivity contribution in [3.8, 4) is 0 Å². The van der Waals surface area contributed by atoms with Crippen LogP contribution in [0.15, 0.2) is 29.3 Å². The number of aromatic amines is 1. The molecular formula is C15H15F3N4O4S. The highest BCUT2D eigenvalue weighted by molar-refractivity contribution is 7.89. The molecule has 1 aliphatic rings. The van der Waals surface area contributed by atoms with E-state index in [9.17, 15) is 26.4 Å². The number of anilines is 1. The molecule has 0 unspecified atom stereocenters. The molecule has 0 spiro atoms. The lowest BCUT2D eigenvalue weighted by Gasteiger charge is -2.25. The van der Waals surface area contributed by atoms with Gasteiger partial charge in [-0.15, -0.1) is 0 Å². The lowest BCUT2D eigenvalue weighted by molar-refractivity contribution is 0.0730. The number of hydrazine groups is 1. The van der Waals surface area contributed by atoms with E-state index in [1.807, 2.05) is 0 Å². The van der Waals surface area contributed by atoms with Crippen molar-refractivity contribution in [2.45, 2.75) is 4.90 Å². The van der Waals surface area contributed by atoms with Gasteiger partial charge >= 0.3 is 0 Å². The molecule has 2 aromatic rings. The van der Waals surface area contributed by atoms with Crippen LogP contribution in [0.25, 0.3) is 0 Å². The predicted octanol–water partition coefficient (Wildman–Crippen LogP) is 1.21. The van der Waals surface area contributed by atoms with E-state index >= 15 is 0 Å². The molecule has 1 aromatic heterocycles. The van der Waals surface area contributed by atoms with Crippen LogP contribution in [-0.2, 0) is 14.8 Å². The van der Waals surface area contributed by atoms with Crippen LogP contribution < -0.4 is 10.9 Å². The highest BCUT2D eigenvalue weighted by Crippen LogP contribution is 2.20. The summed E-state index contributed by atoms with van der Waals surface area (Å²) in [7, 11) is -3.79. The Bertz CT molecular complexity index is 958. The minimum absolute atomic E-state index is 0.117. The van der Waals surface area contributed by atoms with Crippen LogP contribution in [-0.4, -0.2) is 49.9 Å². The van der Waals surface area contributed by atoms with Crippen molar-refractivity contribution in [3.63, 3.8) is 0 Å². The molecule has 0 saturated carbocycles. The van der Waals surface area contributed by atoms with Crippen molar-refractivity contribution in [2.75, 3.05) is 31.7 Å². The summed E-state index contributed by atoms with van der Waals surface area (Å²) >= 11 is 0. The number of carbonyl (C=O) groups is 1. The number of amides is 1. The van der Waals surface area contributed by atoms with Gasteiger partial charge in [0.05, 0.1) is 18.9 Å². The third-order valence-electron chi connectivity index (χ3n) is 3.85. The molecule has 1 fully saturated rings. The fourth-order valence-electron chi connectivity index (χ4n) is 2.40. The number of nitrogens with zero attached hydrogens (tertiary/aromatic N) is 1. The maximum Gasteiger partial charge on any atom is 0.286 e. The first kappa shape index (κ1) is 19.2. The largest absolute Gasteiger partial charge is 0.379 e. The molecule has 0 atom stereocenters. The molecule has 146 valence electrons. The van der Waals surface area contributed by atoms with Gasteiger partial charge in [0.15, 0.2) is 17.5 Å². The third kappa shape index (κ3) is 3.91. The molecule has 0 bridgehead atoms. The van der Waals surface area contributed by atoms with Gasteiger partial charge < -0.3 is 9.72 Å². The van der Waals surface area contributed by atoms with E-state index in [2.05, 4.69) is 15.8 Å². The zero-order chi connectivity index (χ0) is 19.6. The number of carbonyl (C=O) groups excluding carboxylic acids is 1. The molecule has 0 radical (unpaired) electrons. The van der Waals surface area contributed by atoms with Gasteiger partial charge in [0.2, 0.25) is 10.0 Å². The number of ether oxygens (including phenoxy) is 1. The Morgan fingerprint density at radius 2 is 1.85 bits per heavy atom. The molecular weight excluding hydrogens is 389 g/mol. The minimum Gasteiger partial charge on any atom is -0.379 e. The second-order valence-corrected chi connectivity index (χ2v) is 7.51. The topological polar surface area (TPSA) is 104 Å². The van der Waals surface area contributed by atoms with E-state index in [-0.39, 0.29) is 36.9 Å². The first-order valence-electron chi connectivity index (χ1n) is 7.77. The Balaban J connectivity index is 1.69. The SMILES string of the molecule is O=C(NNc1ccc(F)c(F)c1F)c1cc(S(=O)(=O)N2CCOCC2)c[nH]1. The smallest absolute Gasteiger partial charge is 0.286 e. The van der Waals surface area contributed by atoms with Gasteiger partial charge in [-0.05, 0) is 18.2 Å². The van der Waals surface area contributed by atoms with Crippen molar-refractivity contribution >= 4 is 21.6 Å². The monoisotopic (exact) mass is 404 g/mol. The van der Waals surface area contributed by atoms with Gasteiger partial charge in [-0.1, -0.05) is 0 Å². The summed E-state index contributed by atoms with van der Waals surface area (Å²) in [5.41, 5.74) is 3.56. The zero-order valence-electron chi connectivity index (χ0n) is 13.8. The summed E-state index contributed by atoms with van der Waals surface area (Å²) in [6.07, 6.45) is 1.15. The number of hydrogen-bond acceptors (Lipinski definition) is 5. The highest BCUT2D eigenvalue weighted by atomic mass is 32.2. The lowest BCUT2D eigenvalue weighted by Crippen LogP contribution is -2.40. The molecule has 27 heavy (non-hydrogen) atoms. The first-order valence-corrected chi connectivity index (χ1v) is 9.21. The molecule has 1 aromatic carbocycles. The number of benzene rings is 1. The van der Waals surface area contributed by atoms with Gasteiger partial charge in [-0.2, -0.15) is 4.31 Å². The van der Waals surface area contributed by atoms with Gasteiger partial charge in [-0.3, -0.25) is 15.6 Å². The molecule has 2 heterocycles. The van der Waals surface area contributed by atoms with Crippen molar-refractivity contribution in [3.05, 3.63) is 47.5 Å². The summed E-state index contributed by atoms with van der Waals surface area (Å²) in [5.74, 6) is -5.39. The van der Waals surface area contributed by atoms with E-state index in [0.29, 0.717) is 6.07 Å². The summed E-state index contributed by atoms with van der Waals surface area (Å²) in [5, 5.41) is 0. The van der Waals surface area contributed by atoms with Gasteiger partial charge in [-0.25, -0.2) is 21.6 Å². The summed E-state index contributed by atoms with van der Waals surface area (Å²) in [6.45, 7) is 0.958. The molecule has 1 saturated heterocycles. The minimum atomic E-state index is -3.79. The van der Waals surface area contributed by atoms with E-state index in [1.165, 1.54) is 4.31 Å². The van der Waals surface area contributed by atoms with Crippen LogP contribution in [0.4, 0.5) is 18.9 Å². The van der Waals surface area contributed by atoms with Crippen LogP contribution in [0, 0.1) is 17.5 Å². The van der Waals surface area contributed by atoms with E-state index in [1.54, 1.807) is 0 Å². The number of H-pyrrole nitrogens is 1. The van der Waals surface area contributed by atoms with Gasteiger partial charge in [0.1, 0.15) is 10.6 Å². The van der Waals surface area contributed by atoms with E-state index in [0.717, 1.165) is 18.3 Å². The second kappa shape index (κ2) is 7.58. The van der Waals surface area contributed by atoms with Crippen LogP contribution in [0.3, 0.4) is 0 Å². The normalized spacial score (nSPS) is 15.5. The number of sulfonamides is 1. The Hall–Kier alpha value is -2.57. The van der Waals surface area contributed by atoms with Gasteiger partial charge in [0.25, 0.3) is 5.91 Å². The Labute approximate surface area is 152 Å². The van der Waals surface area contributed by atoms with E-state index < -0.39 is 39.1 Å². The molecule has 3 rings (SSSR count). The van der Waals surface area contributed by atoms with Gasteiger partial charge in [0, 0.05) is 19.3 Å². The van der Waals surface area contributed by atoms with Crippen molar-refractivity contribution in [2.24, 2.45) is 0 Å². The lowest BCUT2D eigenvalue weighted by atomic mass is 10.3. The molecule has 1 amide bonds. The van der Waals surface area contributed by atoms with Crippen LogP contribution >= 0.6 is 0 Å². The molecule has 3 N–H and O–H groups in total. The summed E-state index contributed by atoms with van der Waals surface area (Å²) < 4.78 is 70.9. The maximum atomic E-state index is 13.5. The van der Waals surface area contributed by atoms with Crippen molar-refractivity contribution in [1.29, 1.82) is 0 Å². The Morgan fingerprint density at radius 1 is 1.15 bits per heavy atom. The number of hydrogen-bond donors (Lipinski definition) is 3. The Kier molecular flexibility index (Phi) is 5.39. The maximum absolute atomic E-state index is 13.5. The fraction of sp³-hybridized carbons (Fsp3) is 0.267. The van der Waals surface area contributed by atoms with Crippen molar-refractivity contribution < 1.29 is 31.1 Å². The van der Waals surface area contributed by atoms with Crippen LogP contribution in [0.1, 0.15) is 10.5 Å². The zero-order valence-corrected chi connectivity index (χ0v) is 14.6. The number of aromatic nitrogens is 1. The molecule has 12 heteroatoms. The highest BCUT2D eigenvalue weighted by Gasteiger charge is 2.28. The van der Waals surface area contributed by atoms with Crippen LogP contribution in [0.2, 0.25) is 0 Å². The summed E-state index contributed by atoms with van der Waals surface area (Å²) in [4.78, 5) is 14.5. The average Bonchev–Trinajstić information content (AvgIpc) is 3.17. The number of rotatable bonds is 5. The number of morpholine rings is 1. The second-order valence-electron chi connectivity index (χ2n) is 5.57. The number of halogens is 3. The Morgan fingerprint density at radius 3 is 2.56 bits per heavy atom. The quantitative estimate of drug-likeness (QED) is 0.514. The first-order chi connectivity index (χ1) is 12.8. The standard InChI is InChI=1S/C15H15F3N4O4S/c16-10-1-2-11(14(18)13(10)17)20-21-15(23)12-7-9(8-19-12)27(24,25)22-3-5-26-6-4-22/h1-2,7-8,19-20H,3-6H2,(H,21,23). The van der Waals surface area contributed by atoms with Crippen molar-refractivity contribution in [1.82, 2.24) is 14.7 Å². The average molecular weight is 404 g/mol. The molecule has 1 aliphatic heterocycles. The fourth-order valence-corrected chi connectivity index (χ4v) is 3.81. The molecule has 8 nitrogen and oxygen atoms in total. The molecule has 0 aliphatic carbocycles. The van der Waals surface area contributed by atoms with Crippen LogP contribution in [0.5, 0.6) is 0 Å². The number of nitrogens with one attached hydrogen (secondary N) is 3.